The standard InChI is InChI=1S/C14H32N2S/c1-14(2,3)15-10-8-6-7-9-11-16(4)12-13-17-5/h15H,6-13H2,1-5H3. The van der Waals surface area contributed by atoms with Gasteiger partial charge < -0.3 is 10.2 Å². The first-order valence-electron chi connectivity index (χ1n) is 6.88. The van der Waals surface area contributed by atoms with Gasteiger partial charge in [-0.2, -0.15) is 11.8 Å². The van der Waals surface area contributed by atoms with Gasteiger partial charge >= 0.3 is 0 Å². The molecular weight excluding hydrogens is 228 g/mol. The van der Waals surface area contributed by atoms with Gasteiger partial charge in [-0.1, -0.05) is 12.8 Å². The molecule has 0 aliphatic heterocycles. The normalized spacial score (nSPS) is 12.4. The van der Waals surface area contributed by atoms with Gasteiger partial charge in [-0.25, -0.2) is 0 Å². The second-order valence-electron chi connectivity index (χ2n) is 5.89. The molecule has 2 nitrogen and oxygen atoms in total. The Kier molecular flexibility index (Phi) is 10.4. The summed E-state index contributed by atoms with van der Waals surface area (Å²) in [5.41, 5.74) is 0.276. The summed E-state index contributed by atoms with van der Waals surface area (Å²) in [4.78, 5) is 2.45. The van der Waals surface area contributed by atoms with Crippen molar-refractivity contribution in [3.05, 3.63) is 0 Å². The van der Waals surface area contributed by atoms with E-state index in [1.807, 2.05) is 11.8 Å². The van der Waals surface area contributed by atoms with Gasteiger partial charge in [0.1, 0.15) is 0 Å². The third kappa shape index (κ3) is 14.2. The first-order valence-corrected chi connectivity index (χ1v) is 8.27. The molecule has 104 valence electrons. The zero-order chi connectivity index (χ0) is 13.1. The maximum absolute atomic E-state index is 3.54. The van der Waals surface area contributed by atoms with Crippen molar-refractivity contribution >= 4 is 11.8 Å². The predicted molar refractivity (Wildman–Crippen MR) is 82.1 cm³/mol. The average molecular weight is 260 g/mol. The smallest absolute Gasteiger partial charge is 0.00965 e. The van der Waals surface area contributed by atoms with Crippen LogP contribution in [0.15, 0.2) is 0 Å². The molecule has 0 aromatic heterocycles. The fraction of sp³-hybridized carbons (Fsp3) is 1.00. The first-order chi connectivity index (χ1) is 7.95. The summed E-state index contributed by atoms with van der Waals surface area (Å²) >= 11 is 1.93. The van der Waals surface area contributed by atoms with Crippen molar-refractivity contribution in [3.8, 4) is 0 Å². The Morgan fingerprint density at radius 2 is 1.65 bits per heavy atom. The van der Waals surface area contributed by atoms with E-state index >= 15 is 0 Å². The van der Waals surface area contributed by atoms with Gasteiger partial charge in [0.25, 0.3) is 0 Å². The minimum absolute atomic E-state index is 0.276. The Morgan fingerprint density at radius 3 is 2.24 bits per heavy atom. The van der Waals surface area contributed by atoms with Gasteiger partial charge in [0.15, 0.2) is 0 Å². The molecule has 0 fully saturated rings. The Balaban J connectivity index is 3.18. The molecule has 0 unspecified atom stereocenters. The average Bonchev–Trinajstić information content (AvgIpc) is 2.23. The third-order valence-electron chi connectivity index (χ3n) is 2.80. The molecule has 0 rings (SSSR count). The number of nitrogens with zero attached hydrogens (tertiary/aromatic N) is 1. The first kappa shape index (κ1) is 17.3. The zero-order valence-corrected chi connectivity index (χ0v) is 13.3. The minimum Gasteiger partial charge on any atom is -0.312 e. The number of nitrogens with one attached hydrogen (secondary N) is 1. The molecule has 0 heterocycles. The summed E-state index contributed by atoms with van der Waals surface area (Å²) in [6.07, 6.45) is 7.57. The SMILES string of the molecule is CSCCN(C)CCCCCCNC(C)(C)C. The van der Waals surface area contributed by atoms with Crippen LogP contribution in [0, 0.1) is 0 Å². The number of unbranched alkanes of at least 4 members (excludes halogenated alkanes) is 3. The molecule has 0 aliphatic rings. The summed E-state index contributed by atoms with van der Waals surface area (Å²) < 4.78 is 0. The van der Waals surface area contributed by atoms with Crippen LogP contribution < -0.4 is 5.32 Å². The molecule has 3 heteroatoms. The Bertz CT molecular complexity index is 166. The van der Waals surface area contributed by atoms with Crippen molar-refractivity contribution in [2.24, 2.45) is 0 Å². The molecule has 1 N–H and O–H groups in total. The van der Waals surface area contributed by atoms with Gasteiger partial charge in [-0.3, -0.25) is 0 Å². The topological polar surface area (TPSA) is 15.3 Å². The van der Waals surface area contributed by atoms with Crippen LogP contribution in [-0.2, 0) is 0 Å². The largest absolute Gasteiger partial charge is 0.312 e. The third-order valence-corrected chi connectivity index (χ3v) is 3.39. The van der Waals surface area contributed by atoms with E-state index in [0.717, 1.165) is 6.54 Å². The number of hydrogen-bond acceptors (Lipinski definition) is 3. The summed E-state index contributed by atoms with van der Waals surface area (Å²) in [6.45, 7) is 10.3. The molecule has 0 radical (unpaired) electrons. The predicted octanol–water partition coefficient (Wildman–Crippen LogP) is 3.23. The highest BCUT2D eigenvalue weighted by Crippen LogP contribution is 2.03. The van der Waals surface area contributed by atoms with Crippen molar-refractivity contribution in [2.75, 3.05) is 38.7 Å². The molecular formula is C14H32N2S. The van der Waals surface area contributed by atoms with E-state index in [1.54, 1.807) is 0 Å². The van der Waals surface area contributed by atoms with Crippen LogP contribution in [-0.4, -0.2) is 49.1 Å². The van der Waals surface area contributed by atoms with Crippen molar-refractivity contribution in [1.29, 1.82) is 0 Å². The van der Waals surface area contributed by atoms with E-state index in [1.165, 1.54) is 44.5 Å². The highest BCUT2D eigenvalue weighted by molar-refractivity contribution is 7.98. The molecule has 0 bridgehead atoms. The summed E-state index contributed by atoms with van der Waals surface area (Å²) in [5.74, 6) is 1.26. The lowest BCUT2D eigenvalue weighted by molar-refractivity contribution is 0.342. The molecule has 0 saturated heterocycles. The molecule has 0 aliphatic carbocycles. The fourth-order valence-electron chi connectivity index (χ4n) is 1.68. The van der Waals surface area contributed by atoms with Gasteiger partial charge in [-0.05, 0) is 60.0 Å². The van der Waals surface area contributed by atoms with E-state index in [0.29, 0.717) is 0 Å². The quantitative estimate of drug-likeness (QED) is 0.607. The van der Waals surface area contributed by atoms with Gasteiger partial charge in [0.2, 0.25) is 0 Å². The van der Waals surface area contributed by atoms with Crippen LogP contribution in [0.4, 0.5) is 0 Å². The molecule has 0 spiro atoms. The van der Waals surface area contributed by atoms with Crippen LogP contribution in [0.25, 0.3) is 0 Å². The van der Waals surface area contributed by atoms with E-state index in [4.69, 9.17) is 0 Å². The summed E-state index contributed by atoms with van der Waals surface area (Å²) in [5, 5.41) is 3.54. The second-order valence-corrected chi connectivity index (χ2v) is 6.87. The Labute approximate surface area is 113 Å². The summed E-state index contributed by atoms with van der Waals surface area (Å²) in [6, 6.07) is 0. The van der Waals surface area contributed by atoms with Gasteiger partial charge in [0, 0.05) is 17.8 Å². The number of hydrogen-bond donors (Lipinski definition) is 1. The lowest BCUT2D eigenvalue weighted by Crippen LogP contribution is -2.36. The number of thioether (sulfide) groups is 1. The Hall–Kier alpha value is 0.270. The van der Waals surface area contributed by atoms with E-state index in [9.17, 15) is 0 Å². The van der Waals surface area contributed by atoms with Crippen LogP contribution in [0.1, 0.15) is 46.5 Å². The second kappa shape index (κ2) is 10.2. The van der Waals surface area contributed by atoms with Crippen LogP contribution in [0.5, 0.6) is 0 Å². The molecule has 0 amide bonds. The molecule has 0 atom stereocenters. The molecule has 0 aromatic rings. The molecule has 0 aromatic carbocycles. The van der Waals surface area contributed by atoms with E-state index in [-0.39, 0.29) is 5.54 Å². The van der Waals surface area contributed by atoms with Crippen molar-refractivity contribution in [2.45, 2.75) is 52.0 Å². The Morgan fingerprint density at radius 1 is 1.00 bits per heavy atom. The molecule has 17 heavy (non-hydrogen) atoms. The maximum Gasteiger partial charge on any atom is 0.00965 e. The van der Waals surface area contributed by atoms with Crippen molar-refractivity contribution < 1.29 is 0 Å². The van der Waals surface area contributed by atoms with Crippen molar-refractivity contribution in [1.82, 2.24) is 10.2 Å². The molecule has 0 saturated carbocycles. The van der Waals surface area contributed by atoms with Gasteiger partial charge in [0.05, 0.1) is 0 Å². The zero-order valence-electron chi connectivity index (χ0n) is 12.5. The van der Waals surface area contributed by atoms with E-state index in [2.05, 4.69) is 44.3 Å². The summed E-state index contributed by atoms with van der Waals surface area (Å²) in [7, 11) is 2.23. The fourth-order valence-corrected chi connectivity index (χ4v) is 2.18. The lowest BCUT2D eigenvalue weighted by atomic mass is 10.1. The van der Waals surface area contributed by atoms with Crippen molar-refractivity contribution in [3.63, 3.8) is 0 Å². The van der Waals surface area contributed by atoms with Gasteiger partial charge in [-0.15, -0.1) is 0 Å². The van der Waals surface area contributed by atoms with Crippen LogP contribution in [0.2, 0.25) is 0 Å². The minimum atomic E-state index is 0.276. The van der Waals surface area contributed by atoms with Crippen LogP contribution in [0.3, 0.4) is 0 Å². The highest BCUT2D eigenvalue weighted by atomic mass is 32.2. The monoisotopic (exact) mass is 260 g/mol. The van der Waals surface area contributed by atoms with Crippen LogP contribution >= 0.6 is 11.8 Å². The van der Waals surface area contributed by atoms with E-state index < -0.39 is 0 Å². The maximum atomic E-state index is 3.54. The lowest BCUT2D eigenvalue weighted by Gasteiger charge is -2.20. The number of rotatable bonds is 10. The highest BCUT2D eigenvalue weighted by Gasteiger charge is 2.06.